The Morgan fingerprint density at radius 3 is 2.68 bits per heavy atom. The summed E-state index contributed by atoms with van der Waals surface area (Å²) in [5.41, 5.74) is 0. The van der Waals surface area contributed by atoms with Gasteiger partial charge in [0.1, 0.15) is 11.6 Å². The standard InChI is InChI=1S/C16H27N5O2S2/c1-4-6-8-9-11-25(23)15-19-18-14(24-15)21-13(17-10-7-5-2)12-20(3)16(21)22/h4-12H2,1-3H3. The van der Waals surface area contributed by atoms with Crippen LogP contribution < -0.4 is 4.90 Å². The van der Waals surface area contributed by atoms with Crippen molar-refractivity contribution < 1.29 is 9.35 Å². The summed E-state index contributed by atoms with van der Waals surface area (Å²) in [6, 6.07) is -0.160. The molecule has 0 spiro atoms. The Balaban J connectivity index is 2.05. The van der Waals surface area contributed by atoms with Gasteiger partial charge in [-0.3, -0.25) is 4.99 Å². The molecule has 9 heteroatoms. The quantitative estimate of drug-likeness (QED) is 0.351. The second kappa shape index (κ2) is 10.1. The van der Waals surface area contributed by atoms with Crippen molar-refractivity contribution in [2.24, 2.45) is 4.99 Å². The lowest BCUT2D eigenvalue weighted by molar-refractivity contribution is 0.229. The number of urea groups is 1. The Labute approximate surface area is 156 Å². The van der Waals surface area contributed by atoms with Crippen LogP contribution >= 0.6 is 11.3 Å². The van der Waals surface area contributed by atoms with E-state index in [-0.39, 0.29) is 6.03 Å². The maximum absolute atomic E-state index is 12.4. The van der Waals surface area contributed by atoms with E-state index in [1.54, 1.807) is 11.9 Å². The smallest absolute Gasteiger partial charge is 0.332 e. The van der Waals surface area contributed by atoms with E-state index >= 15 is 0 Å². The second-order valence-electron chi connectivity index (χ2n) is 6.09. The monoisotopic (exact) mass is 385 g/mol. The Bertz CT molecular complexity index is 593. The summed E-state index contributed by atoms with van der Waals surface area (Å²) in [6.07, 6.45) is 6.35. The summed E-state index contributed by atoms with van der Waals surface area (Å²) in [4.78, 5) is 20.1. The highest BCUT2D eigenvalue weighted by atomic mass is 32.2. The van der Waals surface area contributed by atoms with Crippen molar-refractivity contribution in [3.63, 3.8) is 0 Å². The van der Waals surface area contributed by atoms with E-state index in [1.165, 1.54) is 16.2 Å². The molecule has 25 heavy (non-hydrogen) atoms. The highest BCUT2D eigenvalue weighted by Gasteiger charge is 2.36. The third kappa shape index (κ3) is 5.39. The van der Waals surface area contributed by atoms with Gasteiger partial charge in [0.25, 0.3) is 0 Å². The Morgan fingerprint density at radius 1 is 1.20 bits per heavy atom. The van der Waals surface area contributed by atoms with Crippen molar-refractivity contribution in [2.45, 2.75) is 56.7 Å². The first-order chi connectivity index (χ1) is 12.1. The van der Waals surface area contributed by atoms with Crippen LogP contribution in [0.25, 0.3) is 0 Å². The van der Waals surface area contributed by atoms with Gasteiger partial charge in [-0.25, -0.2) is 9.69 Å². The van der Waals surface area contributed by atoms with Crippen molar-refractivity contribution in [3.8, 4) is 0 Å². The summed E-state index contributed by atoms with van der Waals surface area (Å²) in [5.74, 6) is 1.29. The lowest BCUT2D eigenvalue weighted by atomic mass is 10.2. The topological polar surface area (TPSA) is 84.8 Å². The van der Waals surface area contributed by atoms with Crippen LogP contribution in [0.15, 0.2) is 9.33 Å². The number of aliphatic imine (C=N–C) groups is 1. The van der Waals surface area contributed by atoms with E-state index < -0.39 is 11.2 Å². The highest BCUT2D eigenvalue weighted by Crippen LogP contribution is 2.28. The van der Waals surface area contributed by atoms with E-state index in [2.05, 4.69) is 29.0 Å². The third-order valence-corrected chi connectivity index (χ3v) is 6.57. The van der Waals surface area contributed by atoms with Gasteiger partial charge >= 0.3 is 10.4 Å². The molecule has 2 heterocycles. The normalized spacial score (nSPS) is 17.8. The van der Waals surface area contributed by atoms with E-state index in [1.807, 2.05) is 0 Å². The van der Waals surface area contributed by atoms with Gasteiger partial charge in [-0.1, -0.05) is 38.2 Å². The summed E-state index contributed by atoms with van der Waals surface area (Å²) in [6.45, 7) is 5.42. The lowest BCUT2D eigenvalue weighted by Crippen LogP contribution is -2.31. The largest absolute Gasteiger partial charge is 0.610 e. The molecule has 0 N–H and O–H groups in total. The molecular weight excluding hydrogens is 358 g/mol. The van der Waals surface area contributed by atoms with Gasteiger partial charge in [0, 0.05) is 24.8 Å². The Kier molecular flexibility index (Phi) is 8.11. The molecule has 1 aliphatic rings. The average molecular weight is 386 g/mol. The molecule has 0 aliphatic carbocycles. The number of nitrogens with zero attached hydrogens (tertiary/aromatic N) is 5. The van der Waals surface area contributed by atoms with Gasteiger partial charge in [-0.05, 0) is 30.6 Å². The first-order valence-corrected chi connectivity index (χ1v) is 11.0. The molecule has 1 unspecified atom stereocenters. The minimum Gasteiger partial charge on any atom is -0.610 e. The predicted molar refractivity (Wildman–Crippen MR) is 103 cm³/mol. The molecule has 7 nitrogen and oxygen atoms in total. The van der Waals surface area contributed by atoms with Crippen LogP contribution in [0.3, 0.4) is 0 Å². The third-order valence-electron chi connectivity index (χ3n) is 3.93. The number of amidine groups is 1. The van der Waals surface area contributed by atoms with Gasteiger partial charge in [0.05, 0.1) is 6.54 Å². The summed E-state index contributed by atoms with van der Waals surface area (Å²) < 4.78 is 12.8. The van der Waals surface area contributed by atoms with E-state index in [0.29, 0.717) is 34.1 Å². The number of carbonyl (C=O) groups is 1. The minimum atomic E-state index is -1.15. The van der Waals surface area contributed by atoms with E-state index in [0.717, 1.165) is 38.5 Å². The molecule has 140 valence electrons. The second-order valence-corrected chi connectivity index (χ2v) is 8.79. The van der Waals surface area contributed by atoms with Crippen LogP contribution in [0.1, 0.15) is 52.4 Å². The Morgan fingerprint density at radius 2 is 1.96 bits per heavy atom. The van der Waals surface area contributed by atoms with Crippen molar-refractivity contribution in [2.75, 3.05) is 30.8 Å². The number of hydrogen-bond donors (Lipinski definition) is 0. The van der Waals surface area contributed by atoms with Crippen LogP contribution in [0, 0.1) is 0 Å². The van der Waals surface area contributed by atoms with Gasteiger partial charge in [-0.2, -0.15) is 0 Å². The van der Waals surface area contributed by atoms with Crippen molar-refractivity contribution in [1.29, 1.82) is 0 Å². The number of hydrogen-bond acceptors (Lipinski definition) is 6. The molecular formula is C16H27N5O2S2. The fourth-order valence-corrected chi connectivity index (χ4v) is 4.66. The van der Waals surface area contributed by atoms with Crippen LogP contribution in [0.2, 0.25) is 0 Å². The lowest BCUT2D eigenvalue weighted by Gasteiger charge is -2.11. The summed E-state index contributed by atoms with van der Waals surface area (Å²) >= 11 is 0.0753. The van der Waals surface area contributed by atoms with E-state index in [9.17, 15) is 9.35 Å². The zero-order valence-electron chi connectivity index (χ0n) is 15.2. The zero-order chi connectivity index (χ0) is 18.2. The molecule has 1 atom stereocenters. The van der Waals surface area contributed by atoms with Crippen molar-refractivity contribution in [1.82, 2.24) is 15.1 Å². The van der Waals surface area contributed by atoms with Gasteiger partial charge in [-0.15, -0.1) is 5.10 Å². The van der Waals surface area contributed by atoms with Crippen LogP contribution in [-0.2, 0) is 11.2 Å². The van der Waals surface area contributed by atoms with Crippen LogP contribution in [0.5, 0.6) is 0 Å². The van der Waals surface area contributed by atoms with Crippen LogP contribution in [0.4, 0.5) is 9.93 Å². The molecule has 0 saturated carbocycles. The van der Waals surface area contributed by atoms with Gasteiger partial charge in [0.2, 0.25) is 5.13 Å². The maximum atomic E-state index is 12.4. The van der Waals surface area contributed by atoms with Crippen molar-refractivity contribution >= 4 is 39.5 Å². The molecule has 1 saturated heterocycles. The molecule has 2 amide bonds. The molecule has 1 aromatic rings. The fourth-order valence-electron chi connectivity index (χ4n) is 2.44. The average Bonchev–Trinajstić information content (AvgIpc) is 3.17. The zero-order valence-corrected chi connectivity index (χ0v) is 16.9. The van der Waals surface area contributed by atoms with Gasteiger partial charge in [0.15, 0.2) is 0 Å². The predicted octanol–water partition coefficient (Wildman–Crippen LogP) is 3.30. The SMILES string of the molecule is CCCCCC[S+]([O-])c1nnc(N2C(=O)N(C)CC2=NCCCC)s1. The highest BCUT2D eigenvalue weighted by molar-refractivity contribution is 7.93. The maximum Gasteiger partial charge on any atom is 0.332 e. The first kappa shape index (κ1) is 20.1. The fraction of sp³-hybridized carbons (Fsp3) is 0.750. The number of aromatic nitrogens is 2. The molecule has 1 aliphatic heterocycles. The first-order valence-electron chi connectivity index (χ1n) is 8.88. The van der Waals surface area contributed by atoms with Gasteiger partial charge < -0.3 is 9.45 Å². The molecule has 0 bridgehead atoms. The van der Waals surface area contributed by atoms with Crippen LogP contribution in [-0.4, -0.2) is 57.4 Å². The number of anilines is 1. The Hall–Kier alpha value is -1.19. The molecule has 0 aromatic carbocycles. The number of rotatable bonds is 10. The molecule has 0 radical (unpaired) electrons. The minimum absolute atomic E-state index is 0.160. The molecule has 1 aromatic heterocycles. The van der Waals surface area contributed by atoms with E-state index in [4.69, 9.17) is 0 Å². The number of amides is 2. The number of likely N-dealkylation sites (N-methyl/N-ethyl adjacent to an activating group) is 1. The summed E-state index contributed by atoms with van der Waals surface area (Å²) in [7, 11) is 1.74. The van der Waals surface area contributed by atoms with Crippen molar-refractivity contribution in [3.05, 3.63) is 0 Å². The molecule has 1 fully saturated rings. The number of carbonyl (C=O) groups excluding carboxylic acids is 1. The summed E-state index contributed by atoms with van der Waals surface area (Å²) in [5, 5.41) is 8.61. The number of unbranched alkanes of at least 4 members (excludes halogenated alkanes) is 4. The molecule has 2 rings (SSSR count).